The summed E-state index contributed by atoms with van der Waals surface area (Å²) >= 11 is 2.03. The van der Waals surface area contributed by atoms with Crippen molar-refractivity contribution in [3.05, 3.63) is 65.7 Å². The van der Waals surface area contributed by atoms with Crippen LogP contribution >= 0.6 is 24.2 Å². The molecular formula is C21H28ClNS. The van der Waals surface area contributed by atoms with Crippen molar-refractivity contribution in [2.75, 3.05) is 5.75 Å². The summed E-state index contributed by atoms with van der Waals surface area (Å²) in [6, 6.07) is 20.1. The van der Waals surface area contributed by atoms with Crippen molar-refractivity contribution >= 4 is 24.2 Å². The predicted octanol–water partition coefficient (Wildman–Crippen LogP) is 6.23. The summed E-state index contributed by atoms with van der Waals surface area (Å²) in [5.74, 6) is 1.16. The van der Waals surface area contributed by atoms with Crippen molar-refractivity contribution in [2.45, 2.75) is 56.0 Å². The Kier molecular flexibility index (Phi) is 7.21. The first-order valence-electron chi connectivity index (χ1n) is 8.82. The van der Waals surface area contributed by atoms with Crippen LogP contribution in [0, 0.1) is 0 Å². The third-order valence-corrected chi connectivity index (χ3v) is 6.15. The molecule has 1 unspecified atom stereocenters. The molecule has 2 aromatic rings. The minimum atomic E-state index is 0. The van der Waals surface area contributed by atoms with E-state index in [0.717, 1.165) is 5.75 Å². The van der Waals surface area contributed by atoms with E-state index >= 15 is 0 Å². The minimum absolute atomic E-state index is 0. The quantitative estimate of drug-likeness (QED) is 0.677. The van der Waals surface area contributed by atoms with Gasteiger partial charge in [0.2, 0.25) is 0 Å². The molecule has 0 amide bonds. The van der Waals surface area contributed by atoms with Gasteiger partial charge in [0, 0.05) is 16.2 Å². The molecular weight excluding hydrogens is 334 g/mol. The summed E-state index contributed by atoms with van der Waals surface area (Å²) in [6.07, 6.45) is 4.94. The first-order valence-corrected chi connectivity index (χ1v) is 9.81. The van der Waals surface area contributed by atoms with Crippen molar-refractivity contribution in [3.63, 3.8) is 0 Å². The van der Waals surface area contributed by atoms with Crippen LogP contribution in [0.1, 0.15) is 56.7 Å². The van der Waals surface area contributed by atoms with Gasteiger partial charge in [-0.3, -0.25) is 5.32 Å². The van der Waals surface area contributed by atoms with Crippen molar-refractivity contribution < 1.29 is 0 Å². The zero-order valence-electron chi connectivity index (χ0n) is 14.6. The van der Waals surface area contributed by atoms with Crippen LogP contribution in [-0.4, -0.2) is 11.3 Å². The van der Waals surface area contributed by atoms with Gasteiger partial charge in [-0.1, -0.05) is 75.2 Å². The number of halogens is 1. The van der Waals surface area contributed by atoms with Crippen LogP contribution in [0.2, 0.25) is 0 Å². The van der Waals surface area contributed by atoms with Crippen molar-refractivity contribution in [3.8, 4) is 0 Å². The van der Waals surface area contributed by atoms with Gasteiger partial charge in [-0.2, -0.15) is 0 Å². The molecule has 1 nitrogen and oxygen atoms in total. The highest BCUT2D eigenvalue weighted by atomic mass is 35.5. The van der Waals surface area contributed by atoms with E-state index in [1.165, 1.54) is 41.7 Å². The maximum absolute atomic E-state index is 4.08. The Balaban J connectivity index is 0.00000208. The zero-order chi connectivity index (χ0) is 16.1. The van der Waals surface area contributed by atoms with Crippen molar-refractivity contribution in [2.24, 2.45) is 0 Å². The summed E-state index contributed by atoms with van der Waals surface area (Å²) in [7, 11) is 0. The molecule has 0 saturated carbocycles. The number of benzene rings is 2. The molecule has 0 fully saturated rings. The molecule has 1 N–H and O–H groups in total. The monoisotopic (exact) mass is 361 g/mol. The molecule has 130 valence electrons. The van der Waals surface area contributed by atoms with E-state index < -0.39 is 0 Å². The lowest BCUT2D eigenvalue weighted by Crippen LogP contribution is -2.48. The summed E-state index contributed by atoms with van der Waals surface area (Å²) in [6.45, 7) is 4.61. The Morgan fingerprint density at radius 3 is 2.25 bits per heavy atom. The van der Waals surface area contributed by atoms with Gasteiger partial charge in [-0.05, 0) is 30.0 Å². The average molecular weight is 362 g/mol. The van der Waals surface area contributed by atoms with E-state index in [9.17, 15) is 0 Å². The van der Waals surface area contributed by atoms with Gasteiger partial charge in [0.25, 0.3) is 0 Å². The van der Waals surface area contributed by atoms with Crippen LogP contribution in [0.3, 0.4) is 0 Å². The first kappa shape index (κ1) is 19.4. The van der Waals surface area contributed by atoms with Crippen LogP contribution in [-0.2, 0) is 0 Å². The fourth-order valence-corrected chi connectivity index (χ4v) is 5.10. The third kappa shape index (κ3) is 4.17. The lowest BCUT2D eigenvalue weighted by Gasteiger charge is -2.36. The zero-order valence-corrected chi connectivity index (χ0v) is 16.3. The smallest absolute Gasteiger partial charge is 0.0592 e. The molecule has 24 heavy (non-hydrogen) atoms. The molecule has 1 aliphatic rings. The topological polar surface area (TPSA) is 12.0 Å². The highest BCUT2D eigenvalue weighted by molar-refractivity contribution is 7.99. The van der Waals surface area contributed by atoms with E-state index in [2.05, 4.69) is 73.8 Å². The normalized spacial score (nSPS) is 19.0. The molecule has 3 heteroatoms. The Labute approximate surface area is 157 Å². The molecule has 3 rings (SSSR count). The van der Waals surface area contributed by atoms with Gasteiger partial charge in [0.1, 0.15) is 0 Å². The second kappa shape index (κ2) is 8.94. The summed E-state index contributed by atoms with van der Waals surface area (Å²) in [5, 5.41) is 4.08. The summed E-state index contributed by atoms with van der Waals surface area (Å²) < 4.78 is 0. The van der Waals surface area contributed by atoms with Crippen LogP contribution in [0.5, 0.6) is 0 Å². The Morgan fingerprint density at radius 1 is 0.958 bits per heavy atom. The van der Waals surface area contributed by atoms with Crippen LogP contribution in [0.4, 0.5) is 0 Å². The number of rotatable bonds is 5. The predicted molar refractivity (Wildman–Crippen MR) is 108 cm³/mol. The van der Waals surface area contributed by atoms with Crippen molar-refractivity contribution in [1.82, 2.24) is 5.32 Å². The summed E-state index contributed by atoms with van der Waals surface area (Å²) in [5.41, 5.74) is 3.03. The Bertz CT molecular complexity index is 623. The number of hydrogen-bond acceptors (Lipinski definition) is 2. The molecule has 0 saturated heterocycles. The number of nitrogens with one attached hydrogen (secondary N) is 1. The summed E-state index contributed by atoms with van der Waals surface area (Å²) in [4.78, 5) is 1.43. The Hall–Kier alpha value is -0.960. The van der Waals surface area contributed by atoms with E-state index in [0.29, 0.717) is 6.04 Å². The van der Waals surface area contributed by atoms with Crippen molar-refractivity contribution in [1.29, 1.82) is 0 Å². The van der Waals surface area contributed by atoms with Gasteiger partial charge in [-0.15, -0.1) is 24.2 Å². The highest BCUT2D eigenvalue weighted by Crippen LogP contribution is 2.40. The van der Waals surface area contributed by atoms with Gasteiger partial charge in [0.05, 0.1) is 6.04 Å². The van der Waals surface area contributed by atoms with Gasteiger partial charge < -0.3 is 0 Å². The molecule has 2 aromatic carbocycles. The molecule has 1 heterocycles. The maximum atomic E-state index is 4.08. The third-order valence-electron chi connectivity index (χ3n) is 4.77. The second-order valence-corrected chi connectivity index (χ2v) is 7.61. The van der Waals surface area contributed by atoms with Crippen LogP contribution < -0.4 is 5.32 Å². The standard InChI is InChI=1S/C21H27NS.ClH/c1-3-14-21(15-4-2)16-23-19-13-9-8-12-18(19)20(22-21)17-10-6-5-7-11-17;/h5-13,20,22H,3-4,14-16H2,1-2H3;1H. The molecule has 0 spiro atoms. The van der Waals surface area contributed by atoms with Gasteiger partial charge >= 0.3 is 0 Å². The van der Waals surface area contributed by atoms with Crippen LogP contribution in [0.25, 0.3) is 0 Å². The largest absolute Gasteiger partial charge is 0.300 e. The Morgan fingerprint density at radius 2 is 1.58 bits per heavy atom. The van der Waals surface area contributed by atoms with Crippen LogP contribution in [0.15, 0.2) is 59.5 Å². The SMILES string of the molecule is CCCC1(CCC)CSc2ccccc2C(c2ccccc2)N1.Cl. The first-order chi connectivity index (χ1) is 11.3. The molecule has 1 aliphatic heterocycles. The lowest BCUT2D eigenvalue weighted by molar-refractivity contribution is 0.290. The molecule has 1 atom stereocenters. The lowest BCUT2D eigenvalue weighted by atomic mass is 9.87. The molecule has 0 bridgehead atoms. The molecule has 0 aromatic heterocycles. The minimum Gasteiger partial charge on any atom is -0.300 e. The van der Waals surface area contributed by atoms with E-state index in [1.54, 1.807) is 0 Å². The van der Waals surface area contributed by atoms with Gasteiger partial charge in [-0.25, -0.2) is 0 Å². The maximum Gasteiger partial charge on any atom is 0.0592 e. The van der Waals surface area contributed by atoms with E-state index in [-0.39, 0.29) is 17.9 Å². The number of thioether (sulfide) groups is 1. The fraction of sp³-hybridized carbons (Fsp3) is 0.429. The van der Waals surface area contributed by atoms with Gasteiger partial charge in [0.15, 0.2) is 0 Å². The van der Waals surface area contributed by atoms with E-state index in [4.69, 9.17) is 0 Å². The molecule has 0 radical (unpaired) electrons. The number of hydrogen-bond donors (Lipinski definition) is 1. The highest BCUT2D eigenvalue weighted by Gasteiger charge is 2.35. The molecule has 0 aliphatic carbocycles. The van der Waals surface area contributed by atoms with E-state index in [1.807, 2.05) is 11.8 Å². The average Bonchev–Trinajstić information content (AvgIpc) is 2.75. The second-order valence-electron chi connectivity index (χ2n) is 6.59. The number of fused-ring (bicyclic) bond motifs is 1. The fourth-order valence-electron chi connectivity index (χ4n) is 3.77.